The average Bonchev–Trinajstić information content (AvgIpc) is 3.89. The van der Waals surface area contributed by atoms with E-state index >= 15 is 0 Å². The fraction of sp³-hybridized carbons (Fsp3) is 0.617. The number of nitrogens with two attached hydrogens (primary N) is 3. The fourth-order valence-electron chi connectivity index (χ4n) is 5.79. The molecule has 1 aliphatic rings. The van der Waals surface area contributed by atoms with Gasteiger partial charge in [-0.25, -0.2) is 19.9 Å². The van der Waals surface area contributed by atoms with Crippen LogP contribution in [0.5, 0.6) is 0 Å². The van der Waals surface area contributed by atoms with Gasteiger partial charge >= 0.3 is 0 Å². The van der Waals surface area contributed by atoms with Crippen molar-refractivity contribution in [2.24, 2.45) is 11.7 Å². The minimum Gasteiger partial charge on any atom is -0.394 e. The molecule has 1 aromatic carbocycles. The van der Waals surface area contributed by atoms with E-state index in [1.165, 1.54) is 56.9 Å². The number of amides is 1. The smallest absolute Gasteiger partial charge is 0.248 e. The van der Waals surface area contributed by atoms with Gasteiger partial charge in [-0.3, -0.25) is 9.59 Å². The van der Waals surface area contributed by atoms with Crippen LogP contribution in [0.4, 0.5) is 17.5 Å². The number of aliphatic hydroxyl groups is 3. The third-order valence-corrected chi connectivity index (χ3v) is 10.9. The van der Waals surface area contributed by atoms with E-state index in [-0.39, 0.29) is 24.9 Å². The Morgan fingerprint density at radius 3 is 2.08 bits per heavy atom. The number of likely N-dealkylation sites (N-methyl/N-ethyl adjacent to an activating group) is 1. The Labute approximate surface area is 392 Å². The summed E-state index contributed by atoms with van der Waals surface area (Å²) in [6, 6.07) is 6.14. The molecule has 1 saturated heterocycles. The number of unbranched alkanes of at least 4 members (excludes halogenated alkanes) is 4. The molecule has 4 aromatic rings. The number of hydrogen-bond donors (Lipinski definition) is 8. The summed E-state index contributed by atoms with van der Waals surface area (Å²) in [5.41, 5.74) is 19.7. The Balaban J connectivity index is 0.000000846. The van der Waals surface area contributed by atoms with E-state index < -0.39 is 23.7 Å². The average molecular weight is 934 g/mol. The Bertz CT molecular complexity index is 1910. The summed E-state index contributed by atoms with van der Waals surface area (Å²) in [5, 5.41) is 34.8. The maximum Gasteiger partial charge on any atom is 0.248 e. The quantitative estimate of drug-likeness (QED) is 0.0307. The van der Waals surface area contributed by atoms with Crippen LogP contribution in [0.3, 0.4) is 0 Å². The second-order valence-corrected chi connectivity index (χ2v) is 16.8. The van der Waals surface area contributed by atoms with Crippen molar-refractivity contribution in [3.8, 4) is 0 Å². The number of aromatic nitrogens is 5. The van der Waals surface area contributed by atoms with Crippen molar-refractivity contribution in [3.63, 3.8) is 0 Å². The molecule has 17 nitrogen and oxygen atoms in total. The topological polar surface area (TPSA) is 272 Å². The molecule has 3 atom stereocenters. The number of halogens is 1. The second-order valence-electron chi connectivity index (χ2n) is 16.5. The zero-order chi connectivity index (χ0) is 49.8. The first-order valence-electron chi connectivity index (χ1n) is 22.4. The standard InChI is InChI=1S/C17H26N4O3.C8H7NO2.C7H15Cl.C7H17NO2.C6H10N4.C2H6/c1-9(2)17(3,4)10-6-21(13-5-11(23)12(7-22)24-13)16-14(10)15(18)19-8-20-16;9-8(11)7-3-1-6(5-10)2-4-7;1-2-3-4-5-6-7-8;1-7(2,6-9)10-5-4-8-3;1-4-5(7)9-3-10-6(4)8-2;1-2/h6,8-9,11-13,22-23H,5,7H2,1-4H3,(H2,18,19,20);1-5H,(H2,9,11);2-7H2,1H3;8-9H,4-6H2,1-3H3;3H,1-2H3,(H3,7,8,9,10);1-2H3. The van der Waals surface area contributed by atoms with Crippen LogP contribution in [0.1, 0.15) is 139 Å². The summed E-state index contributed by atoms with van der Waals surface area (Å²) in [7, 11) is 3.67. The van der Waals surface area contributed by atoms with Gasteiger partial charge in [-0.15, -0.1) is 11.6 Å². The molecule has 18 heteroatoms. The number of primary amides is 1. The Kier molecular flexibility index (Phi) is 30.0. The van der Waals surface area contributed by atoms with Crippen LogP contribution in [0.25, 0.3) is 11.0 Å². The molecule has 3 aromatic heterocycles. The van der Waals surface area contributed by atoms with E-state index in [9.17, 15) is 19.8 Å². The highest BCUT2D eigenvalue weighted by molar-refractivity contribution is 6.17. The minimum atomic E-state index is -0.696. The second kappa shape index (κ2) is 32.2. The van der Waals surface area contributed by atoms with Crippen LogP contribution in [-0.2, 0) is 14.9 Å². The van der Waals surface area contributed by atoms with Crippen LogP contribution < -0.4 is 27.8 Å². The van der Waals surface area contributed by atoms with Gasteiger partial charge in [0.15, 0.2) is 0 Å². The summed E-state index contributed by atoms with van der Waals surface area (Å²) >= 11 is 5.48. The van der Waals surface area contributed by atoms with E-state index in [0.717, 1.165) is 34.8 Å². The third-order valence-electron chi connectivity index (χ3n) is 10.6. The molecular weight excluding hydrogens is 852 g/mol. The fourth-order valence-corrected chi connectivity index (χ4v) is 5.98. The number of hydrogen-bond acceptors (Lipinski definition) is 15. The lowest BCUT2D eigenvalue weighted by molar-refractivity contribution is -0.0514. The first kappa shape index (κ1) is 60.5. The molecule has 65 heavy (non-hydrogen) atoms. The molecule has 4 heterocycles. The molecule has 0 radical (unpaired) electrons. The molecule has 5 rings (SSSR count). The third kappa shape index (κ3) is 20.7. The number of carbonyl (C=O) groups is 2. The van der Waals surface area contributed by atoms with Crippen molar-refractivity contribution >= 4 is 52.3 Å². The van der Waals surface area contributed by atoms with E-state index in [4.69, 9.17) is 43.4 Å². The minimum absolute atomic E-state index is 0.0662. The summed E-state index contributed by atoms with van der Waals surface area (Å²) in [5.74, 6) is 2.49. The van der Waals surface area contributed by atoms with Crippen molar-refractivity contribution in [1.29, 1.82) is 0 Å². The molecule has 0 spiro atoms. The highest BCUT2D eigenvalue weighted by Gasteiger charge is 2.37. The zero-order valence-electron chi connectivity index (χ0n) is 41.0. The highest BCUT2D eigenvalue weighted by atomic mass is 35.5. The maximum absolute atomic E-state index is 10.5. The van der Waals surface area contributed by atoms with Gasteiger partial charge in [0.25, 0.3) is 0 Å². The van der Waals surface area contributed by atoms with Gasteiger partial charge in [0.1, 0.15) is 54.4 Å². The Hall–Kier alpha value is -4.49. The number of nitrogens with zero attached hydrogens (tertiary/aromatic N) is 5. The predicted molar refractivity (Wildman–Crippen MR) is 264 cm³/mol. The number of aliphatic hydroxyl groups excluding tert-OH is 3. The number of rotatable bonds is 17. The van der Waals surface area contributed by atoms with Crippen molar-refractivity contribution in [3.05, 3.63) is 65.4 Å². The number of ether oxygens (including phenoxy) is 2. The molecule has 3 unspecified atom stereocenters. The zero-order valence-corrected chi connectivity index (χ0v) is 41.8. The van der Waals surface area contributed by atoms with Gasteiger partial charge in [0.2, 0.25) is 5.91 Å². The first-order valence-corrected chi connectivity index (χ1v) is 22.9. The summed E-state index contributed by atoms with van der Waals surface area (Å²) in [6.45, 7) is 21.8. The van der Waals surface area contributed by atoms with Gasteiger partial charge < -0.3 is 57.2 Å². The molecule has 1 aliphatic heterocycles. The lowest BCUT2D eigenvalue weighted by Crippen LogP contribution is -2.31. The molecule has 0 aliphatic carbocycles. The van der Waals surface area contributed by atoms with Gasteiger partial charge in [-0.2, -0.15) is 0 Å². The van der Waals surface area contributed by atoms with Gasteiger partial charge in [-0.1, -0.05) is 86.3 Å². The molecule has 0 saturated carbocycles. The molecular formula is C47H81ClN10O7. The number of aldehydes is 1. The van der Waals surface area contributed by atoms with Crippen molar-refractivity contribution < 1.29 is 34.4 Å². The molecule has 11 N–H and O–H groups in total. The van der Waals surface area contributed by atoms with E-state index in [1.54, 1.807) is 19.2 Å². The molecule has 368 valence electrons. The van der Waals surface area contributed by atoms with Crippen molar-refractivity contribution in [1.82, 2.24) is 29.8 Å². The Morgan fingerprint density at radius 1 is 1.00 bits per heavy atom. The number of alkyl halides is 1. The normalized spacial score (nSPS) is 15.4. The number of nitrogens with one attached hydrogen (secondary N) is 2. The lowest BCUT2D eigenvalue weighted by atomic mass is 9.75. The van der Waals surface area contributed by atoms with E-state index in [0.29, 0.717) is 53.6 Å². The van der Waals surface area contributed by atoms with Crippen molar-refractivity contribution in [2.75, 3.05) is 63.1 Å². The summed E-state index contributed by atoms with van der Waals surface area (Å²) in [4.78, 5) is 37.0. The predicted octanol–water partition coefficient (Wildman–Crippen LogP) is 6.81. The van der Waals surface area contributed by atoms with E-state index in [2.05, 4.69) is 65.2 Å². The Morgan fingerprint density at radius 2 is 1.60 bits per heavy atom. The number of nitrogen functional groups attached to an aromatic ring is 2. The van der Waals surface area contributed by atoms with Crippen LogP contribution >= 0.6 is 11.6 Å². The number of fused-ring (bicyclic) bond motifs is 1. The summed E-state index contributed by atoms with van der Waals surface area (Å²) in [6.07, 6.45) is 10.9. The van der Waals surface area contributed by atoms with Crippen LogP contribution in [0, 0.1) is 12.8 Å². The van der Waals surface area contributed by atoms with E-state index in [1.807, 2.05) is 52.4 Å². The summed E-state index contributed by atoms with van der Waals surface area (Å²) < 4.78 is 13.0. The highest BCUT2D eigenvalue weighted by Crippen LogP contribution is 2.41. The molecule has 0 bridgehead atoms. The number of anilines is 3. The molecule has 1 fully saturated rings. The number of carbonyl (C=O) groups excluding carboxylic acids is 2. The maximum atomic E-state index is 10.5. The first-order chi connectivity index (χ1) is 30.8. The largest absolute Gasteiger partial charge is 0.394 e. The van der Waals surface area contributed by atoms with Crippen LogP contribution in [0.2, 0.25) is 0 Å². The SMILES string of the molecule is CC.CC(C)C(C)(C)c1cn(C2CC(O)C(CO)O2)c2ncnc(N)c12.CCCCCCCCl.CNCCOC(C)(C)CO.CNc1ncnc(N)c1C.NC(=O)c1ccc(C=O)cc1. The lowest BCUT2D eigenvalue weighted by Gasteiger charge is -2.29. The van der Waals surface area contributed by atoms with Gasteiger partial charge in [0.05, 0.1) is 36.9 Å². The van der Waals surface area contributed by atoms with Gasteiger partial charge in [-0.05, 0) is 63.3 Å². The van der Waals surface area contributed by atoms with Crippen LogP contribution in [0.15, 0.2) is 43.1 Å². The monoisotopic (exact) mass is 933 g/mol. The van der Waals surface area contributed by atoms with Crippen LogP contribution in [-0.4, -0.2) is 116 Å². The molecule has 1 amide bonds. The van der Waals surface area contributed by atoms with Crippen molar-refractivity contribution in [2.45, 2.75) is 137 Å². The van der Waals surface area contributed by atoms with Gasteiger partial charge in [0, 0.05) is 48.8 Å². The number of benzene rings is 1.